The number of aromatic nitrogens is 2. The maximum Gasteiger partial charge on any atom is 0.407 e. The molecule has 1 aromatic carbocycles. The smallest absolute Gasteiger partial charge is 0.407 e. The van der Waals surface area contributed by atoms with Gasteiger partial charge in [0.25, 0.3) is 0 Å². The predicted molar refractivity (Wildman–Crippen MR) is 138 cm³/mol. The molecule has 2 heterocycles. The van der Waals surface area contributed by atoms with Gasteiger partial charge in [-0.2, -0.15) is 5.10 Å². The molecule has 1 aliphatic carbocycles. The summed E-state index contributed by atoms with van der Waals surface area (Å²) >= 11 is 0. The van der Waals surface area contributed by atoms with E-state index in [4.69, 9.17) is 9.84 Å². The van der Waals surface area contributed by atoms with Crippen LogP contribution in [0.25, 0.3) is 0 Å². The summed E-state index contributed by atoms with van der Waals surface area (Å²) in [7, 11) is -1.74. The number of benzene rings is 1. The van der Waals surface area contributed by atoms with Gasteiger partial charge in [0.1, 0.15) is 5.82 Å². The molecule has 2 aliphatic rings. The van der Waals surface area contributed by atoms with E-state index in [2.05, 4.69) is 37.5 Å². The molecule has 1 saturated carbocycles. The third-order valence-electron chi connectivity index (χ3n) is 6.63. The Balaban J connectivity index is 1.53. The normalized spacial score (nSPS) is 21.3. The van der Waals surface area contributed by atoms with Gasteiger partial charge in [0.05, 0.1) is 35.0 Å². The molecule has 10 heteroatoms. The van der Waals surface area contributed by atoms with Crippen molar-refractivity contribution in [1.82, 2.24) is 15.1 Å². The fourth-order valence-electron chi connectivity index (χ4n) is 4.92. The Hall–Kier alpha value is -2.75. The van der Waals surface area contributed by atoms with Gasteiger partial charge in [0.15, 0.2) is 0 Å². The lowest BCUT2D eigenvalue weighted by Crippen LogP contribution is -2.31. The van der Waals surface area contributed by atoms with Crippen molar-refractivity contribution in [3.8, 4) is 0 Å². The molecule has 9 nitrogen and oxygen atoms in total. The number of anilines is 3. The average Bonchev–Trinajstić information content (AvgIpc) is 3.43. The molecule has 35 heavy (non-hydrogen) atoms. The highest BCUT2D eigenvalue weighted by Crippen LogP contribution is 2.42. The summed E-state index contributed by atoms with van der Waals surface area (Å²) in [6.45, 7) is 10.5. The summed E-state index contributed by atoms with van der Waals surface area (Å²) in [4.78, 5) is 11.8. The fraction of sp³-hybridized carbons (Fsp3) is 0.600. The van der Waals surface area contributed by atoms with Crippen LogP contribution in [0, 0.1) is 5.92 Å². The van der Waals surface area contributed by atoms with Crippen LogP contribution in [0.5, 0.6) is 0 Å². The lowest BCUT2D eigenvalue weighted by Gasteiger charge is -2.24. The number of nitrogens with one attached hydrogen (secondary N) is 2. The van der Waals surface area contributed by atoms with Crippen molar-refractivity contribution < 1.29 is 17.9 Å². The van der Waals surface area contributed by atoms with E-state index in [0.717, 1.165) is 42.0 Å². The highest BCUT2D eigenvalue weighted by atomic mass is 32.2. The van der Waals surface area contributed by atoms with Crippen LogP contribution in [-0.2, 0) is 26.1 Å². The van der Waals surface area contributed by atoms with Crippen LogP contribution in [0.1, 0.15) is 71.1 Å². The second-order valence-corrected chi connectivity index (χ2v) is 13.0. The minimum Gasteiger partial charge on any atom is -0.449 e. The minimum atomic E-state index is -3.34. The van der Waals surface area contributed by atoms with E-state index in [1.54, 1.807) is 7.05 Å². The predicted octanol–water partition coefficient (Wildman–Crippen LogP) is 4.68. The van der Waals surface area contributed by atoms with Gasteiger partial charge in [-0.25, -0.2) is 17.9 Å². The Morgan fingerprint density at radius 1 is 1.26 bits per heavy atom. The van der Waals surface area contributed by atoms with Crippen LogP contribution in [0.3, 0.4) is 0 Å². The number of alkyl carbamates (subject to hydrolysis) is 1. The number of amides is 1. The first-order valence-corrected chi connectivity index (χ1v) is 13.9. The molecule has 2 atom stereocenters. The van der Waals surface area contributed by atoms with Crippen molar-refractivity contribution in [3.05, 3.63) is 35.5 Å². The summed E-state index contributed by atoms with van der Waals surface area (Å²) in [5.74, 6) is 1.43. The van der Waals surface area contributed by atoms with Crippen molar-refractivity contribution >= 4 is 33.3 Å². The van der Waals surface area contributed by atoms with E-state index in [9.17, 15) is 13.2 Å². The molecule has 1 aromatic heterocycles. The molecule has 1 fully saturated rings. The lowest BCUT2D eigenvalue weighted by molar-refractivity contribution is 0.125. The van der Waals surface area contributed by atoms with Crippen LogP contribution >= 0.6 is 0 Å². The zero-order valence-electron chi connectivity index (χ0n) is 21.5. The fourth-order valence-corrected chi connectivity index (χ4v) is 6.23. The second kappa shape index (κ2) is 9.37. The van der Waals surface area contributed by atoms with E-state index in [0.29, 0.717) is 18.2 Å². The van der Waals surface area contributed by atoms with Gasteiger partial charge in [0.2, 0.25) is 10.0 Å². The van der Waals surface area contributed by atoms with E-state index >= 15 is 0 Å². The summed E-state index contributed by atoms with van der Waals surface area (Å²) in [6.07, 6.45) is 2.52. The standard InChI is InChI=1S/C25H37N5O4S/c1-16(2)26-24(31)34-14-17-10-11-18(12-17)21-13-22(30(28-21)25(3,4)5)27-20-9-7-8-19-15-35(32,33)29(6)23(19)20/h7-9,13,16-18,27H,10-12,14-15H2,1-6H3,(H,26,31)/t17-,18+/m1/s1. The number of nitrogens with zero attached hydrogens (tertiary/aromatic N) is 3. The zero-order chi connectivity index (χ0) is 25.5. The van der Waals surface area contributed by atoms with Gasteiger partial charge in [-0.15, -0.1) is 0 Å². The van der Waals surface area contributed by atoms with E-state index in [1.807, 2.05) is 36.7 Å². The Kier molecular flexibility index (Phi) is 6.78. The summed E-state index contributed by atoms with van der Waals surface area (Å²) in [5.41, 5.74) is 2.96. The molecule has 192 valence electrons. The van der Waals surface area contributed by atoms with Crippen LogP contribution in [0.4, 0.5) is 22.0 Å². The van der Waals surface area contributed by atoms with E-state index in [-0.39, 0.29) is 29.3 Å². The number of sulfonamides is 1. The maximum atomic E-state index is 12.5. The monoisotopic (exact) mass is 503 g/mol. The molecule has 1 aliphatic heterocycles. The molecule has 0 spiro atoms. The third-order valence-corrected chi connectivity index (χ3v) is 8.33. The molecule has 1 amide bonds. The Bertz CT molecular complexity index is 1200. The molecular formula is C25H37N5O4S. The number of fused-ring (bicyclic) bond motifs is 1. The number of rotatable bonds is 6. The van der Waals surface area contributed by atoms with Crippen LogP contribution in [-0.4, -0.2) is 44.0 Å². The molecule has 4 rings (SSSR count). The van der Waals surface area contributed by atoms with Gasteiger partial charge in [-0.3, -0.25) is 4.31 Å². The molecule has 0 saturated heterocycles. The zero-order valence-corrected chi connectivity index (χ0v) is 22.3. The Morgan fingerprint density at radius 2 is 2.00 bits per heavy atom. The first kappa shape index (κ1) is 25.3. The highest BCUT2D eigenvalue weighted by molar-refractivity contribution is 7.92. The van der Waals surface area contributed by atoms with Crippen molar-refractivity contribution in [3.63, 3.8) is 0 Å². The first-order chi connectivity index (χ1) is 16.3. The van der Waals surface area contributed by atoms with Gasteiger partial charge >= 0.3 is 6.09 Å². The number of carbonyl (C=O) groups is 1. The number of ether oxygens (including phenoxy) is 1. The van der Waals surface area contributed by atoms with Crippen LogP contribution < -0.4 is 14.9 Å². The highest BCUT2D eigenvalue weighted by Gasteiger charge is 2.34. The van der Waals surface area contributed by atoms with E-state index in [1.165, 1.54) is 4.31 Å². The number of para-hydroxylation sites is 1. The second-order valence-electron chi connectivity index (χ2n) is 11.0. The average molecular weight is 504 g/mol. The van der Waals surface area contributed by atoms with Crippen molar-refractivity contribution in [2.24, 2.45) is 5.92 Å². The summed E-state index contributed by atoms with van der Waals surface area (Å²) in [6, 6.07) is 7.77. The Labute approximate surface area is 208 Å². The Morgan fingerprint density at radius 3 is 2.69 bits per heavy atom. The van der Waals surface area contributed by atoms with Gasteiger partial charge in [-0.1, -0.05) is 12.1 Å². The quantitative estimate of drug-likeness (QED) is 0.593. The molecule has 2 N–H and O–H groups in total. The van der Waals surface area contributed by atoms with Crippen molar-refractivity contribution in [2.75, 3.05) is 23.3 Å². The maximum absolute atomic E-state index is 12.5. The third kappa shape index (κ3) is 5.42. The van der Waals surface area contributed by atoms with Crippen LogP contribution in [0.2, 0.25) is 0 Å². The number of hydrogen-bond acceptors (Lipinski definition) is 6. The molecule has 0 bridgehead atoms. The van der Waals surface area contributed by atoms with Crippen molar-refractivity contribution in [1.29, 1.82) is 0 Å². The van der Waals surface area contributed by atoms with Crippen molar-refractivity contribution in [2.45, 2.75) is 77.1 Å². The summed E-state index contributed by atoms with van der Waals surface area (Å²) < 4.78 is 33.7. The van der Waals surface area contributed by atoms with Gasteiger partial charge < -0.3 is 15.4 Å². The molecule has 2 aromatic rings. The van der Waals surface area contributed by atoms with Gasteiger partial charge in [0, 0.05) is 25.1 Å². The lowest BCUT2D eigenvalue weighted by atomic mass is 10.0. The largest absolute Gasteiger partial charge is 0.449 e. The first-order valence-electron chi connectivity index (χ1n) is 12.2. The summed E-state index contributed by atoms with van der Waals surface area (Å²) in [5, 5.41) is 11.2. The van der Waals surface area contributed by atoms with Gasteiger partial charge in [-0.05, 0) is 71.4 Å². The number of carbonyl (C=O) groups excluding carboxylic acids is 1. The molecular weight excluding hydrogens is 466 g/mol. The SMILES string of the molecule is CC(C)NC(=O)OC[C@@H]1CC[C@H](c2cc(Nc3cccc4c3N(C)S(=O)(=O)C4)n(C(C)(C)C)n2)C1. The topological polar surface area (TPSA) is 106 Å². The molecule has 0 unspecified atom stereocenters. The number of hydrogen-bond donors (Lipinski definition) is 2. The van der Waals surface area contributed by atoms with E-state index < -0.39 is 10.0 Å². The minimum absolute atomic E-state index is 0.0128. The van der Waals surface area contributed by atoms with Crippen LogP contribution in [0.15, 0.2) is 24.3 Å². The molecule has 0 radical (unpaired) electrons.